The Morgan fingerprint density at radius 3 is 2.77 bits per heavy atom. The van der Waals surface area contributed by atoms with Crippen LogP contribution in [0.3, 0.4) is 0 Å². The summed E-state index contributed by atoms with van der Waals surface area (Å²) in [6.07, 6.45) is 6.72. The maximum Gasteiger partial charge on any atom is 0.275 e. The molecule has 1 aliphatic rings. The molecule has 0 bridgehead atoms. The van der Waals surface area contributed by atoms with Crippen molar-refractivity contribution in [1.29, 1.82) is 5.26 Å². The zero-order chi connectivity index (χ0) is 15.5. The fourth-order valence-corrected chi connectivity index (χ4v) is 4.59. The van der Waals surface area contributed by atoms with Gasteiger partial charge in [-0.2, -0.15) is 5.26 Å². The van der Waals surface area contributed by atoms with Crippen LogP contribution in [0.25, 0.3) is 0 Å². The van der Waals surface area contributed by atoms with Gasteiger partial charge < -0.3 is 5.32 Å². The molecule has 2 aromatic heterocycles. The highest BCUT2D eigenvalue weighted by atomic mass is 32.1. The maximum absolute atomic E-state index is 12.3. The fourth-order valence-electron chi connectivity index (χ4n) is 2.76. The normalized spacial score (nSPS) is 14.5. The molecular formula is C16H17N3OS2. The number of thiazole rings is 1. The van der Waals surface area contributed by atoms with Gasteiger partial charge in [-0.3, -0.25) is 4.79 Å². The number of nitriles is 1. The number of fused-ring (bicyclic) bond motifs is 1. The van der Waals surface area contributed by atoms with E-state index in [0.717, 1.165) is 36.3 Å². The van der Waals surface area contributed by atoms with E-state index in [-0.39, 0.29) is 5.91 Å². The van der Waals surface area contributed by atoms with Crippen molar-refractivity contribution in [3.63, 3.8) is 0 Å². The molecule has 0 unspecified atom stereocenters. The molecule has 1 amide bonds. The zero-order valence-electron chi connectivity index (χ0n) is 12.4. The minimum absolute atomic E-state index is 0.227. The highest BCUT2D eigenvalue weighted by molar-refractivity contribution is 7.16. The summed E-state index contributed by atoms with van der Waals surface area (Å²) in [6, 6.07) is 2.29. The molecule has 0 fully saturated rings. The highest BCUT2D eigenvalue weighted by Crippen LogP contribution is 2.36. The van der Waals surface area contributed by atoms with Gasteiger partial charge in [-0.15, -0.1) is 22.7 Å². The molecule has 22 heavy (non-hydrogen) atoms. The topological polar surface area (TPSA) is 65.8 Å². The average Bonchev–Trinajstić information content (AvgIpc) is 3.03. The van der Waals surface area contributed by atoms with E-state index >= 15 is 0 Å². The number of nitrogens with one attached hydrogen (secondary N) is 1. The van der Waals surface area contributed by atoms with Crippen LogP contribution in [-0.4, -0.2) is 10.9 Å². The van der Waals surface area contributed by atoms with Crippen LogP contribution in [0.2, 0.25) is 0 Å². The third-order valence-corrected chi connectivity index (χ3v) is 5.84. The number of hydrogen-bond donors (Lipinski definition) is 1. The Balaban J connectivity index is 1.89. The van der Waals surface area contributed by atoms with Gasteiger partial charge in [0, 0.05) is 10.3 Å². The van der Waals surface area contributed by atoms with Crippen LogP contribution >= 0.6 is 22.7 Å². The van der Waals surface area contributed by atoms with Gasteiger partial charge in [0.1, 0.15) is 16.8 Å². The van der Waals surface area contributed by atoms with Crippen LogP contribution in [0, 0.1) is 18.3 Å². The predicted octanol–water partition coefficient (Wildman–Crippen LogP) is 4.30. The molecule has 0 saturated heterocycles. The zero-order valence-corrected chi connectivity index (χ0v) is 14.1. The molecule has 3 rings (SSSR count). The first kappa shape index (κ1) is 15.2. The standard InChI is InChI=1S/C16H17N3OS2/c1-10-18-13(9-21-10)15(20)19-16-12(8-17)11-6-4-2-3-5-7-14(11)22-16/h9H,2-7H2,1H3,(H,19,20). The Morgan fingerprint density at radius 2 is 2.09 bits per heavy atom. The molecule has 4 nitrogen and oxygen atoms in total. The van der Waals surface area contributed by atoms with Crippen molar-refractivity contribution in [2.24, 2.45) is 0 Å². The summed E-state index contributed by atoms with van der Waals surface area (Å²) in [6.45, 7) is 1.87. The molecule has 0 spiro atoms. The van der Waals surface area contributed by atoms with Gasteiger partial charge in [-0.1, -0.05) is 12.8 Å². The van der Waals surface area contributed by atoms with Gasteiger partial charge in [0.2, 0.25) is 0 Å². The number of nitrogens with zero attached hydrogens (tertiary/aromatic N) is 2. The highest BCUT2D eigenvalue weighted by Gasteiger charge is 2.21. The smallest absolute Gasteiger partial charge is 0.275 e. The van der Waals surface area contributed by atoms with Crippen LogP contribution in [0.1, 0.15) is 57.2 Å². The Labute approximate surface area is 137 Å². The molecule has 1 aliphatic carbocycles. The Bertz CT molecular complexity index is 739. The van der Waals surface area contributed by atoms with Crippen LogP contribution in [0.5, 0.6) is 0 Å². The van der Waals surface area contributed by atoms with E-state index in [0.29, 0.717) is 16.3 Å². The summed E-state index contributed by atoms with van der Waals surface area (Å²) in [4.78, 5) is 17.7. The maximum atomic E-state index is 12.3. The van der Waals surface area contributed by atoms with Crippen LogP contribution in [0.4, 0.5) is 5.00 Å². The van der Waals surface area contributed by atoms with Gasteiger partial charge in [-0.05, 0) is 38.2 Å². The third-order valence-electron chi connectivity index (χ3n) is 3.86. The number of aryl methyl sites for hydroxylation is 2. The van der Waals surface area contributed by atoms with E-state index in [9.17, 15) is 10.1 Å². The number of aromatic nitrogens is 1. The molecule has 2 heterocycles. The van der Waals surface area contributed by atoms with Gasteiger partial charge in [0.05, 0.1) is 10.6 Å². The number of carbonyl (C=O) groups is 1. The fraction of sp³-hybridized carbons (Fsp3) is 0.438. The molecule has 6 heteroatoms. The quantitative estimate of drug-likeness (QED) is 0.892. The van der Waals surface area contributed by atoms with Gasteiger partial charge in [0.25, 0.3) is 5.91 Å². The van der Waals surface area contributed by atoms with Crippen LogP contribution in [0.15, 0.2) is 5.38 Å². The summed E-state index contributed by atoms with van der Waals surface area (Å²) in [5.41, 5.74) is 2.23. The molecule has 0 radical (unpaired) electrons. The van der Waals surface area contributed by atoms with E-state index in [4.69, 9.17) is 0 Å². The SMILES string of the molecule is Cc1nc(C(=O)Nc2sc3c(c2C#N)CCCCCC3)cs1. The van der Waals surface area contributed by atoms with E-state index < -0.39 is 0 Å². The molecule has 0 atom stereocenters. The molecular weight excluding hydrogens is 314 g/mol. The summed E-state index contributed by atoms with van der Waals surface area (Å²) >= 11 is 3.01. The molecule has 0 saturated carbocycles. The summed E-state index contributed by atoms with van der Waals surface area (Å²) in [7, 11) is 0. The number of thiophene rings is 1. The predicted molar refractivity (Wildman–Crippen MR) is 89.7 cm³/mol. The number of anilines is 1. The summed E-state index contributed by atoms with van der Waals surface area (Å²) in [5, 5.41) is 15.7. The molecule has 0 aliphatic heterocycles. The molecule has 1 N–H and O–H groups in total. The minimum Gasteiger partial charge on any atom is -0.311 e. The largest absolute Gasteiger partial charge is 0.311 e. The van der Waals surface area contributed by atoms with Crippen molar-refractivity contribution in [3.05, 3.63) is 32.1 Å². The first-order chi connectivity index (χ1) is 10.7. The van der Waals surface area contributed by atoms with Crippen LogP contribution < -0.4 is 5.32 Å². The van der Waals surface area contributed by atoms with E-state index in [1.54, 1.807) is 16.7 Å². The van der Waals surface area contributed by atoms with Gasteiger partial charge in [0.15, 0.2) is 0 Å². The lowest BCUT2D eigenvalue weighted by Gasteiger charge is -2.08. The number of rotatable bonds is 2. The first-order valence-corrected chi connectivity index (χ1v) is 9.16. The van der Waals surface area contributed by atoms with Crippen molar-refractivity contribution in [2.75, 3.05) is 5.32 Å². The van der Waals surface area contributed by atoms with E-state index in [1.807, 2.05) is 6.92 Å². The lowest BCUT2D eigenvalue weighted by Crippen LogP contribution is -2.12. The van der Waals surface area contributed by atoms with E-state index in [1.165, 1.54) is 29.1 Å². The van der Waals surface area contributed by atoms with Crippen molar-refractivity contribution in [1.82, 2.24) is 4.98 Å². The molecule has 2 aromatic rings. The summed E-state index contributed by atoms with van der Waals surface area (Å²) < 4.78 is 0. The van der Waals surface area contributed by atoms with Crippen molar-refractivity contribution >= 4 is 33.6 Å². The van der Waals surface area contributed by atoms with E-state index in [2.05, 4.69) is 16.4 Å². The van der Waals surface area contributed by atoms with Gasteiger partial charge >= 0.3 is 0 Å². The number of carbonyl (C=O) groups excluding carboxylic acids is 1. The van der Waals surface area contributed by atoms with Gasteiger partial charge in [-0.25, -0.2) is 4.98 Å². The Hall–Kier alpha value is -1.71. The minimum atomic E-state index is -0.227. The molecule has 114 valence electrons. The lowest BCUT2D eigenvalue weighted by atomic mass is 9.97. The second-order valence-corrected chi connectivity index (χ2v) is 7.61. The third kappa shape index (κ3) is 3.06. The average molecular weight is 331 g/mol. The van der Waals surface area contributed by atoms with Crippen LogP contribution in [-0.2, 0) is 12.8 Å². The summed E-state index contributed by atoms with van der Waals surface area (Å²) in [5.74, 6) is -0.227. The second-order valence-electron chi connectivity index (χ2n) is 5.44. The van der Waals surface area contributed by atoms with Crippen molar-refractivity contribution in [2.45, 2.75) is 45.4 Å². The number of amides is 1. The molecule has 0 aromatic carbocycles. The Morgan fingerprint density at radius 1 is 1.32 bits per heavy atom. The number of hydrogen-bond acceptors (Lipinski definition) is 5. The monoisotopic (exact) mass is 331 g/mol. The first-order valence-electron chi connectivity index (χ1n) is 7.47. The second kappa shape index (κ2) is 6.59. The lowest BCUT2D eigenvalue weighted by molar-refractivity contribution is 0.102. The van der Waals surface area contributed by atoms with Crippen molar-refractivity contribution in [3.8, 4) is 6.07 Å². The Kier molecular flexibility index (Phi) is 4.55. The van der Waals surface area contributed by atoms with Crippen molar-refractivity contribution < 1.29 is 4.79 Å².